The monoisotopic (exact) mass is 339 g/mol. The number of carbonyl (C=O) groups excluding carboxylic acids is 1. The number of nitrogens with zero attached hydrogens (tertiary/aromatic N) is 1. The molecule has 3 rings (SSSR count). The maximum atomic E-state index is 12.5. The smallest absolute Gasteiger partial charge is 0.273 e. The Morgan fingerprint density at radius 3 is 2.16 bits per heavy atom. The predicted octanol–water partition coefficient (Wildman–Crippen LogP) is 5.56. The molecule has 25 heavy (non-hydrogen) atoms. The summed E-state index contributed by atoms with van der Waals surface area (Å²) in [4.78, 5) is 15.6. The fourth-order valence-corrected chi connectivity index (χ4v) is 3.58. The third-order valence-electron chi connectivity index (χ3n) is 5.08. The van der Waals surface area contributed by atoms with E-state index in [9.17, 15) is 4.79 Å². The van der Waals surface area contributed by atoms with Gasteiger partial charge < -0.3 is 4.98 Å². The average molecular weight is 339 g/mol. The van der Waals surface area contributed by atoms with Crippen LogP contribution in [0.1, 0.15) is 81.0 Å². The molecule has 0 saturated heterocycles. The minimum absolute atomic E-state index is 0.129. The van der Waals surface area contributed by atoms with Crippen molar-refractivity contribution < 1.29 is 4.79 Å². The van der Waals surface area contributed by atoms with Crippen molar-refractivity contribution >= 4 is 22.5 Å². The molecular weight excluding hydrogens is 310 g/mol. The van der Waals surface area contributed by atoms with Crippen LogP contribution in [0.2, 0.25) is 0 Å². The highest BCUT2D eigenvalue weighted by Crippen LogP contribution is 2.18. The Kier molecular flexibility index (Phi) is 6.66. The lowest BCUT2D eigenvalue weighted by atomic mass is 10.00. The van der Waals surface area contributed by atoms with Gasteiger partial charge in [-0.1, -0.05) is 63.1 Å². The summed E-state index contributed by atoms with van der Waals surface area (Å²) < 4.78 is 0. The average Bonchev–Trinajstić information content (AvgIpc) is 3.05. The number of benzene rings is 1. The molecule has 4 nitrogen and oxygen atoms in total. The van der Waals surface area contributed by atoms with Crippen LogP contribution in [0.25, 0.3) is 10.9 Å². The molecule has 1 heterocycles. The number of H-pyrrole nitrogens is 1. The van der Waals surface area contributed by atoms with Gasteiger partial charge in [0, 0.05) is 22.8 Å². The van der Waals surface area contributed by atoms with Gasteiger partial charge in [0.15, 0.2) is 0 Å². The Labute approximate surface area is 150 Å². The Balaban J connectivity index is 1.62. The largest absolute Gasteiger partial charge is 0.360 e. The van der Waals surface area contributed by atoms with Gasteiger partial charge in [0.1, 0.15) is 0 Å². The van der Waals surface area contributed by atoms with Crippen molar-refractivity contribution in [1.29, 1.82) is 0 Å². The van der Waals surface area contributed by atoms with Crippen LogP contribution in [-0.2, 0) is 0 Å². The van der Waals surface area contributed by atoms with E-state index in [1.165, 1.54) is 57.8 Å². The number of aromatic nitrogens is 1. The van der Waals surface area contributed by atoms with Crippen LogP contribution in [-0.4, -0.2) is 16.6 Å². The molecule has 1 aromatic carbocycles. The van der Waals surface area contributed by atoms with Crippen LogP contribution >= 0.6 is 0 Å². The fourth-order valence-electron chi connectivity index (χ4n) is 3.58. The molecule has 2 N–H and O–H groups in total. The molecule has 0 atom stereocenters. The lowest BCUT2D eigenvalue weighted by molar-refractivity contribution is 0.0956. The lowest BCUT2D eigenvalue weighted by Gasteiger charge is -2.09. The van der Waals surface area contributed by atoms with E-state index in [0.717, 1.165) is 29.5 Å². The van der Waals surface area contributed by atoms with E-state index >= 15 is 0 Å². The van der Waals surface area contributed by atoms with E-state index in [2.05, 4.69) is 15.5 Å². The molecule has 1 aliphatic carbocycles. The first-order chi connectivity index (χ1) is 12.3. The van der Waals surface area contributed by atoms with Gasteiger partial charge in [0.2, 0.25) is 0 Å². The van der Waals surface area contributed by atoms with E-state index in [-0.39, 0.29) is 5.91 Å². The first-order valence-electron chi connectivity index (χ1n) is 9.76. The van der Waals surface area contributed by atoms with Crippen molar-refractivity contribution in [3.8, 4) is 0 Å². The maximum Gasteiger partial charge on any atom is 0.273 e. The van der Waals surface area contributed by atoms with Crippen molar-refractivity contribution in [3.63, 3.8) is 0 Å². The summed E-state index contributed by atoms with van der Waals surface area (Å²) in [6, 6.07) is 7.85. The van der Waals surface area contributed by atoms with Gasteiger partial charge in [-0.25, -0.2) is 5.43 Å². The van der Waals surface area contributed by atoms with Crippen LogP contribution < -0.4 is 5.43 Å². The van der Waals surface area contributed by atoms with Crippen molar-refractivity contribution in [3.05, 3.63) is 36.0 Å². The van der Waals surface area contributed by atoms with Gasteiger partial charge >= 0.3 is 0 Å². The Morgan fingerprint density at radius 2 is 1.48 bits per heavy atom. The maximum absolute atomic E-state index is 12.5. The Hall–Kier alpha value is -2.10. The summed E-state index contributed by atoms with van der Waals surface area (Å²) in [6.45, 7) is 0. The molecule has 1 aliphatic rings. The minimum atomic E-state index is -0.129. The van der Waals surface area contributed by atoms with Crippen LogP contribution in [0.4, 0.5) is 0 Å². The fraction of sp³-hybridized carbons (Fsp3) is 0.524. The minimum Gasteiger partial charge on any atom is -0.360 e. The molecule has 4 heteroatoms. The molecule has 1 fully saturated rings. The standard InChI is InChI=1S/C21H29N3O/c25-21(19-16-22-20-15-11-10-14-18(19)20)24-23-17-12-8-6-4-2-1-3-5-7-9-13-17/h10-11,14-16,22H,1-9,12-13H2,(H,24,25). The van der Waals surface area contributed by atoms with Crippen LogP contribution in [0, 0.1) is 0 Å². The summed E-state index contributed by atoms with van der Waals surface area (Å²) in [5.41, 5.74) is 5.57. The molecule has 0 unspecified atom stereocenters. The molecule has 0 bridgehead atoms. The van der Waals surface area contributed by atoms with Crippen molar-refractivity contribution in [2.24, 2.45) is 5.10 Å². The van der Waals surface area contributed by atoms with Gasteiger partial charge in [-0.2, -0.15) is 5.10 Å². The number of rotatable bonds is 2. The topological polar surface area (TPSA) is 57.2 Å². The van der Waals surface area contributed by atoms with Crippen molar-refractivity contribution in [1.82, 2.24) is 10.4 Å². The van der Waals surface area contributed by atoms with Gasteiger partial charge in [0.05, 0.1) is 5.56 Å². The number of aromatic amines is 1. The summed E-state index contributed by atoms with van der Waals surface area (Å²) >= 11 is 0. The molecule has 0 radical (unpaired) electrons. The predicted molar refractivity (Wildman–Crippen MR) is 104 cm³/mol. The third-order valence-corrected chi connectivity index (χ3v) is 5.08. The highest BCUT2D eigenvalue weighted by molar-refractivity contribution is 6.06. The van der Waals surface area contributed by atoms with Crippen LogP contribution in [0.3, 0.4) is 0 Å². The van der Waals surface area contributed by atoms with Crippen LogP contribution in [0.5, 0.6) is 0 Å². The van der Waals surface area contributed by atoms with Gasteiger partial charge in [-0.15, -0.1) is 0 Å². The zero-order chi connectivity index (χ0) is 17.3. The SMILES string of the molecule is O=C(NN=C1CCCCCCCCCCC1)c1c[nH]c2ccccc12. The molecular formula is C21H29N3O. The Morgan fingerprint density at radius 1 is 0.880 bits per heavy atom. The highest BCUT2D eigenvalue weighted by atomic mass is 16.2. The molecule has 0 aliphatic heterocycles. The van der Waals surface area contributed by atoms with Crippen molar-refractivity contribution in [2.75, 3.05) is 0 Å². The molecule has 1 amide bonds. The second kappa shape index (κ2) is 9.40. The Bertz CT molecular complexity index is 703. The molecule has 1 saturated carbocycles. The number of hydrogen-bond acceptors (Lipinski definition) is 2. The van der Waals surface area contributed by atoms with Gasteiger partial charge in [0.25, 0.3) is 5.91 Å². The number of carbonyl (C=O) groups is 1. The zero-order valence-corrected chi connectivity index (χ0v) is 15.0. The normalized spacial score (nSPS) is 17.5. The number of nitrogens with one attached hydrogen (secondary N) is 2. The number of para-hydroxylation sites is 1. The number of hydrazone groups is 1. The summed E-state index contributed by atoms with van der Waals surface area (Å²) in [5.74, 6) is -0.129. The van der Waals surface area contributed by atoms with Crippen molar-refractivity contribution in [2.45, 2.75) is 70.6 Å². The lowest BCUT2D eigenvalue weighted by Crippen LogP contribution is -2.19. The van der Waals surface area contributed by atoms with E-state index in [1.807, 2.05) is 24.3 Å². The molecule has 134 valence electrons. The molecule has 2 aromatic rings. The summed E-state index contributed by atoms with van der Waals surface area (Å²) in [5, 5.41) is 5.42. The second-order valence-corrected chi connectivity index (χ2v) is 7.05. The second-order valence-electron chi connectivity index (χ2n) is 7.05. The number of amides is 1. The summed E-state index contributed by atoms with van der Waals surface area (Å²) in [6.07, 6.45) is 15.5. The highest BCUT2D eigenvalue weighted by Gasteiger charge is 2.11. The van der Waals surface area contributed by atoms with E-state index in [4.69, 9.17) is 0 Å². The van der Waals surface area contributed by atoms with E-state index in [0.29, 0.717) is 5.56 Å². The third kappa shape index (κ3) is 5.18. The van der Waals surface area contributed by atoms with Gasteiger partial charge in [-0.3, -0.25) is 4.79 Å². The van der Waals surface area contributed by atoms with E-state index < -0.39 is 0 Å². The van der Waals surface area contributed by atoms with E-state index in [1.54, 1.807) is 6.20 Å². The summed E-state index contributed by atoms with van der Waals surface area (Å²) in [7, 11) is 0. The number of hydrogen-bond donors (Lipinski definition) is 2. The first-order valence-corrected chi connectivity index (χ1v) is 9.76. The molecule has 0 spiro atoms. The van der Waals surface area contributed by atoms with Gasteiger partial charge in [-0.05, 0) is 31.7 Å². The van der Waals surface area contributed by atoms with Crippen LogP contribution in [0.15, 0.2) is 35.6 Å². The quantitative estimate of drug-likeness (QED) is 0.692. The zero-order valence-electron chi connectivity index (χ0n) is 15.0. The number of fused-ring (bicyclic) bond motifs is 1. The molecule has 1 aromatic heterocycles. The first kappa shape index (κ1) is 17.7.